The molecule has 0 atom stereocenters. The van der Waals surface area contributed by atoms with Gasteiger partial charge in [0.2, 0.25) is 5.88 Å². The molecule has 1 fully saturated rings. The van der Waals surface area contributed by atoms with Gasteiger partial charge in [-0.2, -0.15) is 0 Å². The van der Waals surface area contributed by atoms with Crippen molar-refractivity contribution in [3.05, 3.63) is 64.0 Å². The molecular formula is C22H26N6O3. The van der Waals surface area contributed by atoms with E-state index in [4.69, 9.17) is 0 Å². The number of hydrogen-bond acceptors (Lipinski definition) is 6. The number of amides is 1. The van der Waals surface area contributed by atoms with Gasteiger partial charge in [-0.05, 0) is 36.6 Å². The molecule has 0 radical (unpaired) electrons. The first-order valence-electron chi connectivity index (χ1n) is 10.3. The van der Waals surface area contributed by atoms with Crippen LogP contribution < -0.4 is 10.6 Å². The lowest BCUT2D eigenvalue weighted by Gasteiger charge is -2.36. The van der Waals surface area contributed by atoms with Gasteiger partial charge in [-0.15, -0.1) is 0 Å². The van der Waals surface area contributed by atoms with Gasteiger partial charge >= 0.3 is 5.69 Å². The Balaban J connectivity index is 1.43. The molecule has 0 unspecified atom stereocenters. The van der Waals surface area contributed by atoms with Crippen molar-refractivity contribution in [2.75, 3.05) is 31.1 Å². The van der Waals surface area contributed by atoms with Gasteiger partial charge in [-0.3, -0.25) is 9.36 Å². The van der Waals surface area contributed by atoms with Crippen molar-refractivity contribution in [3.8, 4) is 11.7 Å². The normalized spacial score (nSPS) is 14.2. The molecule has 162 valence electrons. The Bertz CT molecular complexity index is 1160. The van der Waals surface area contributed by atoms with Gasteiger partial charge in [0.1, 0.15) is 11.6 Å². The Morgan fingerprint density at radius 2 is 1.87 bits per heavy atom. The van der Waals surface area contributed by atoms with Crippen molar-refractivity contribution >= 4 is 11.7 Å². The van der Waals surface area contributed by atoms with E-state index >= 15 is 0 Å². The number of pyridine rings is 2. The third-order valence-electron chi connectivity index (χ3n) is 5.70. The molecule has 0 aliphatic carbocycles. The van der Waals surface area contributed by atoms with Crippen LogP contribution in [0.5, 0.6) is 5.88 Å². The second-order valence-electron chi connectivity index (χ2n) is 7.72. The number of anilines is 1. The fraction of sp³-hybridized carbons (Fsp3) is 0.364. The molecule has 0 aromatic carbocycles. The van der Waals surface area contributed by atoms with Crippen molar-refractivity contribution in [1.29, 1.82) is 0 Å². The van der Waals surface area contributed by atoms with Crippen molar-refractivity contribution in [1.82, 2.24) is 24.0 Å². The highest BCUT2D eigenvalue weighted by atomic mass is 16.3. The van der Waals surface area contributed by atoms with Crippen molar-refractivity contribution in [2.24, 2.45) is 7.05 Å². The van der Waals surface area contributed by atoms with Crippen LogP contribution in [0.3, 0.4) is 0 Å². The van der Waals surface area contributed by atoms with Gasteiger partial charge in [0.25, 0.3) is 5.91 Å². The first-order valence-corrected chi connectivity index (χ1v) is 10.3. The highest BCUT2D eigenvalue weighted by molar-refractivity contribution is 5.94. The van der Waals surface area contributed by atoms with Crippen LogP contribution >= 0.6 is 0 Å². The smallest absolute Gasteiger partial charge is 0.336 e. The number of imidazole rings is 1. The van der Waals surface area contributed by atoms with E-state index < -0.39 is 5.69 Å². The number of hydrogen-bond donors (Lipinski definition) is 1. The van der Waals surface area contributed by atoms with Crippen LogP contribution in [0.25, 0.3) is 5.82 Å². The predicted molar refractivity (Wildman–Crippen MR) is 117 cm³/mol. The largest absolute Gasteiger partial charge is 0.493 e. The minimum atomic E-state index is -0.406. The lowest BCUT2D eigenvalue weighted by Crippen LogP contribution is -2.49. The average Bonchev–Trinajstić information content (AvgIpc) is 3.06. The zero-order valence-corrected chi connectivity index (χ0v) is 17.9. The van der Waals surface area contributed by atoms with Crippen LogP contribution in [0, 0.1) is 6.92 Å². The third-order valence-corrected chi connectivity index (χ3v) is 5.70. The van der Waals surface area contributed by atoms with Crippen LogP contribution in [0.4, 0.5) is 5.82 Å². The van der Waals surface area contributed by atoms with Gasteiger partial charge < -0.3 is 14.9 Å². The van der Waals surface area contributed by atoms with Gasteiger partial charge in [0, 0.05) is 45.6 Å². The second-order valence-corrected chi connectivity index (χ2v) is 7.72. The number of aromatic nitrogens is 4. The molecule has 0 spiro atoms. The molecule has 3 aromatic rings. The Hall–Kier alpha value is -3.62. The molecule has 1 N–H and O–H groups in total. The van der Waals surface area contributed by atoms with Crippen LogP contribution in [-0.4, -0.2) is 61.2 Å². The SMILES string of the molecule is CCc1cnc(N2CCN(C(=O)c3ccc(-n4cc(O)n(C)c4=O)nc3)CC2)c(C)c1. The molecule has 4 rings (SSSR count). The van der Waals surface area contributed by atoms with E-state index in [9.17, 15) is 14.7 Å². The number of piperazine rings is 1. The summed E-state index contributed by atoms with van der Waals surface area (Å²) in [6, 6.07) is 5.43. The van der Waals surface area contributed by atoms with Gasteiger partial charge in [-0.1, -0.05) is 13.0 Å². The number of carbonyl (C=O) groups is 1. The molecule has 1 amide bonds. The number of aromatic hydroxyl groups is 1. The van der Waals surface area contributed by atoms with Gasteiger partial charge in [0.15, 0.2) is 0 Å². The highest BCUT2D eigenvalue weighted by Crippen LogP contribution is 2.20. The molecular weight excluding hydrogens is 396 g/mol. The zero-order chi connectivity index (χ0) is 22.1. The summed E-state index contributed by atoms with van der Waals surface area (Å²) in [4.78, 5) is 37.9. The summed E-state index contributed by atoms with van der Waals surface area (Å²) in [5.41, 5.74) is 2.43. The second kappa shape index (κ2) is 8.25. The van der Waals surface area contributed by atoms with Crippen LogP contribution in [0.15, 0.2) is 41.6 Å². The highest BCUT2D eigenvalue weighted by Gasteiger charge is 2.24. The molecule has 1 aliphatic rings. The topological polar surface area (TPSA) is 96.5 Å². The average molecular weight is 422 g/mol. The molecule has 1 saturated heterocycles. The van der Waals surface area contributed by atoms with E-state index in [1.54, 1.807) is 12.1 Å². The maximum Gasteiger partial charge on any atom is 0.336 e. The number of rotatable bonds is 4. The first kappa shape index (κ1) is 20.6. The first-order chi connectivity index (χ1) is 14.9. The van der Waals surface area contributed by atoms with E-state index in [0.717, 1.165) is 35.5 Å². The summed E-state index contributed by atoms with van der Waals surface area (Å²) >= 11 is 0. The van der Waals surface area contributed by atoms with Crippen molar-refractivity contribution < 1.29 is 9.90 Å². The summed E-state index contributed by atoms with van der Waals surface area (Å²) < 4.78 is 2.36. The van der Waals surface area contributed by atoms with Crippen LogP contribution in [0.1, 0.15) is 28.4 Å². The molecule has 4 heterocycles. The molecule has 0 saturated carbocycles. The number of carbonyl (C=O) groups excluding carboxylic acids is 1. The third kappa shape index (κ3) is 3.90. The predicted octanol–water partition coefficient (Wildman–Crippen LogP) is 1.50. The minimum Gasteiger partial charge on any atom is -0.493 e. The lowest BCUT2D eigenvalue weighted by molar-refractivity contribution is 0.0746. The monoisotopic (exact) mass is 422 g/mol. The Morgan fingerprint density at radius 3 is 2.42 bits per heavy atom. The van der Waals surface area contributed by atoms with Crippen LogP contribution in [-0.2, 0) is 13.5 Å². The van der Waals surface area contributed by atoms with E-state index in [1.165, 1.54) is 29.6 Å². The minimum absolute atomic E-state index is 0.0898. The standard InChI is InChI=1S/C22H26N6O3/c1-4-16-11-15(2)20(24-12-16)26-7-9-27(10-8-26)21(30)17-5-6-18(23-13-17)28-14-19(29)25(3)22(28)31/h5-6,11-14,29H,4,7-10H2,1-3H3. The van der Waals surface area contributed by atoms with Crippen LogP contribution in [0.2, 0.25) is 0 Å². The maximum absolute atomic E-state index is 12.9. The lowest BCUT2D eigenvalue weighted by atomic mass is 10.1. The van der Waals surface area contributed by atoms with Gasteiger partial charge in [-0.25, -0.2) is 19.3 Å². The maximum atomic E-state index is 12.9. The molecule has 9 heteroatoms. The summed E-state index contributed by atoms with van der Waals surface area (Å²) in [7, 11) is 1.47. The van der Waals surface area contributed by atoms with E-state index in [0.29, 0.717) is 24.5 Å². The van der Waals surface area contributed by atoms with Crippen molar-refractivity contribution in [2.45, 2.75) is 20.3 Å². The van der Waals surface area contributed by atoms with E-state index in [1.807, 2.05) is 11.1 Å². The fourth-order valence-electron chi connectivity index (χ4n) is 3.79. The quantitative estimate of drug-likeness (QED) is 0.685. The summed E-state index contributed by atoms with van der Waals surface area (Å²) in [6.45, 7) is 6.82. The summed E-state index contributed by atoms with van der Waals surface area (Å²) in [6.07, 6.45) is 5.65. The van der Waals surface area contributed by atoms with Gasteiger partial charge in [0.05, 0.1) is 11.8 Å². The van der Waals surface area contributed by atoms with E-state index in [-0.39, 0.29) is 11.8 Å². The number of nitrogens with zero attached hydrogens (tertiary/aromatic N) is 6. The van der Waals surface area contributed by atoms with E-state index in [2.05, 4.69) is 34.8 Å². The Morgan fingerprint density at radius 1 is 1.13 bits per heavy atom. The van der Waals surface area contributed by atoms with Crippen molar-refractivity contribution in [3.63, 3.8) is 0 Å². The number of aryl methyl sites for hydroxylation is 2. The molecule has 0 bridgehead atoms. The molecule has 31 heavy (non-hydrogen) atoms. The molecule has 3 aromatic heterocycles. The summed E-state index contributed by atoms with van der Waals surface area (Å²) in [5, 5.41) is 9.69. The fourth-order valence-corrected chi connectivity index (χ4v) is 3.79. The molecule has 1 aliphatic heterocycles. The molecule has 9 nitrogen and oxygen atoms in total. The zero-order valence-electron chi connectivity index (χ0n) is 17.9. The summed E-state index contributed by atoms with van der Waals surface area (Å²) in [5.74, 6) is 1.08. The Kier molecular flexibility index (Phi) is 5.50. The Labute approximate surface area is 180 Å².